The van der Waals surface area contributed by atoms with Gasteiger partial charge in [-0.25, -0.2) is 0 Å². The molecule has 1 rings (SSSR count). The van der Waals surface area contributed by atoms with Crippen molar-refractivity contribution in [1.82, 2.24) is 0 Å². The average molecular weight is 235 g/mol. The minimum Gasteiger partial charge on any atom is -0.388 e. The monoisotopic (exact) mass is 235 g/mol. The zero-order valence-electron chi connectivity index (χ0n) is 11.5. The lowest BCUT2D eigenvalue weighted by molar-refractivity contribution is 0.173. The van der Waals surface area contributed by atoms with Gasteiger partial charge < -0.3 is 10.0 Å². The van der Waals surface area contributed by atoms with Crippen LogP contribution < -0.4 is 4.90 Å². The summed E-state index contributed by atoms with van der Waals surface area (Å²) in [6, 6.07) is 8.86. The summed E-state index contributed by atoms with van der Waals surface area (Å²) in [5.74, 6) is 0. The molecular formula is C15H25NO. The van der Waals surface area contributed by atoms with Crippen LogP contribution in [0.25, 0.3) is 0 Å². The van der Waals surface area contributed by atoms with Gasteiger partial charge in [0.05, 0.1) is 6.10 Å². The molecule has 0 aromatic heterocycles. The van der Waals surface area contributed by atoms with Crippen molar-refractivity contribution in [1.29, 1.82) is 0 Å². The molecule has 0 bridgehead atoms. The fourth-order valence-corrected chi connectivity index (χ4v) is 2.09. The first kappa shape index (κ1) is 14.0. The molecule has 1 N–H and O–H groups in total. The van der Waals surface area contributed by atoms with E-state index in [1.165, 1.54) is 5.69 Å². The summed E-state index contributed by atoms with van der Waals surface area (Å²) < 4.78 is 0. The van der Waals surface area contributed by atoms with E-state index < -0.39 is 0 Å². The highest BCUT2D eigenvalue weighted by Crippen LogP contribution is 2.22. The highest BCUT2D eigenvalue weighted by Gasteiger charge is 2.11. The van der Waals surface area contributed by atoms with Crippen molar-refractivity contribution in [3.8, 4) is 0 Å². The molecule has 2 nitrogen and oxygen atoms in total. The van der Waals surface area contributed by atoms with E-state index in [1.807, 2.05) is 19.1 Å². The molecule has 2 atom stereocenters. The molecule has 1 aromatic rings. The molecule has 0 saturated heterocycles. The maximum atomic E-state index is 9.76. The molecule has 0 aliphatic rings. The Hall–Kier alpha value is -1.02. The Kier molecular flexibility index (Phi) is 5.49. The SMILES string of the molecule is CCC(C)N(CC)c1ccc([C@H](O)CC)cc1. The minimum absolute atomic E-state index is 0.331. The Labute approximate surface area is 105 Å². The summed E-state index contributed by atoms with van der Waals surface area (Å²) in [4.78, 5) is 2.39. The van der Waals surface area contributed by atoms with Crippen LogP contribution in [0, 0.1) is 0 Å². The molecular weight excluding hydrogens is 210 g/mol. The molecule has 0 spiro atoms. The number of rotatable bonds is 6. The third-order valence-electron chi connectivity index (χ3n) is 3.46. The number of benzene rings is 1. The molecule has 17 heavy (non-hydrogen) atoms. The highest BCUT2D eigenvalue weighted by atomic mass is 16.3. The predicted molar refractivity (Wildman–Crippen MR) is 74.5 cm³/mol. The van der Waals surface area contributed by atoms with E-state index in [2.05, 4.69) is 37.8 Å². The van der Waals surface area contributed by atoms with Crippen LogP contribution in [0.2, 0.25) is 0 Å². The maximum Gasteiger partial charge on any atom is 0.0787 e. The van der Waals surface area contributed by atoms with Gasteiger partial charge in [0.25, 0.3) is 0 Å². The standard InChI is InChI=1S/C15H25NO/c1-5-12(4)16(7-3)14-10-8-13(9-11-14)15(17)6-2/h8-12,15,17H,5-7H2,1-4H3/t12?,15-/m1/s1. The van der Waals surface area contributed by atoms with Crippen LogP contribution in [-0.2, 0) is 0 Å². The lowest BCUT2D eigenvalue weighted by Crippen LogP contribution is -2.32. The van der Waals surface area contributed by atoms with Crippen LogP contribution >= 0.6 is 0 Å². The molecule has 96 valence electrons. The van der Waals surface area contributed by atoms with Gasteiger partial charge in [0.1, 0.15) is 0 Å². The highest BCUT2D eigenvalue weighted by molar-refractivity contribution is 5.48. The van der Waals surface area contributed by atoms with Gasteiger partial charge in [0.15, 0.2) is 0 Å². The molecule has 0 saturated carbocycles. The van der Waals surface area contributed by atoms with Crippen molar-refractivity contribution in [2.45, 2.75) is 52.7 Å². The summed E-state index contributed by atoms with van der Waals surface area (Å²) in [5.41, 5.74) is 2.25. The second-order valence-electron chi connectivity index (χ2n) is 4.56. The van der Waals surface area contributed by atoms with Gasteiger partial charge >= 0.3 is 0 Å². The van der Waals surface area contributed by atoms with E-state index in [0.29, 0.717) is 6.04 Å². The summed E-state index contributed by atoms with van der Waals surface area (Å²) in [6.07, 6.45) is 1.58. The first-order valence-corrected chi connectivity index (χ1v) is 6.68. The maximum absolute atomic E-state index is 9.76. The molecule has 0 aliphatic heterocycles. The van der Waals surface area contributed by atoms with Crippen molar-refractivity contribution in [3.63, 3.8) is 0 Å². The molecule has 2 heteroatoms. The van der Waals surface area contributed by atoms with E-state index in [4.69, 9.17) is 0 Å². The largest absolute Gasteiger partial charge is 0.388 e. The Morgan fingerprint density at radius 2 is 1.65 bits per heavy atom. The Morgan fingerprint density at radius 3 is 2.06 bits per heavy atom. The van der Waals surface area contributed by atoms with Crippen LogP contribution in [0.1, 0.15) is 52.2 Å². The predicted octanol–water partition coefficient (Wildman–Crippen LogP) is 3.75. The van der Waals surface area contributed by atoms with E-state index >= 15 is 0 Å². The number of hydrogen-bond acceptors (Lipinski definition) is 2. The number of aliphatic hydroxyl groups is 1. The summed E-state index contributed by atoms with van der Waals surface area (Å²) in [5, 5.41) is 9.76. The molecule has 0 amide bonds. The first-order valence-electron chi connectivity index (χ1n) is 6.68. The van der Waals surface area contributed by atoms with Crippen molar-refractivity contribution < 1.29 is 5.11 Å². The molecule has 1 aromatic carbocycles. The summed E-state index contributed by atoms with van der Waals surface area (Å²) >= 11 is 0. The van der Waals surface area contributed by atoms with Crippen molar-refractivity contribution in [2.24, 2.45) is 0 Å². The van der Waals surface area contributed by atoms with Gasteiger partial charge in [-0.05, 0) is 44.4 Å². The Morgan fingerprint density at radius 1 is 1.06 bits per heavy atom. The molecule has 0 aliphatic carbocycles. The Bertz CT molecular complexity index is 320. The van der Waals surface area contributed by atoms with Gasteiger partial charge in [-0.3, -0.25) is 0 Å². The van der Waals surface area contributed by atoms with Gasteiger partial charge in [0.2, 0.25) is 0 Å². The number of aliphatic hydroxyl groups excluding tert-OH is 1. The lowest BCUT2D eigenvalue weighted by atomic mass is 10.1. The van der Waals surface area contributed by atoms with Crippen LogP contribution in [-0.4, -0.2) is 17.7 Å². The quantitative estimate of drug-likeness (QED) is 0.811. The van der Waals surface area contributed by atoms with Crippen LogP contribution in [0.3, 0.4) is 0 Å². The normalized spacial score (nSPS) is 14.4. The second kappa shape index (κ2) is 6.65. The van der Waals surface area contributed by atoms with E-state index in [9.17, 15) is 5.11 Å². The van der Waals surface area contributed by atoms with Crippen molar-refractivity contribution in [3.05, 3.63) is 29.8 Å². The summed E-state index contributed by atoms with van der Waals surface area (Å²) in [7, 11) is 0. The zero-order chi connectivity index (χ0) is 12.8. The number of nitrogens with zero attached hydrogens (tertiary/aromatic N) is 1. The number of anilines is 1. The first-order chi connectivity index (χ1) is 8.13. The fourth-order valence-electron chi connectivity index (χ4n) is 2.09. The topological polar surface area (TPSA) is 23.5 Å². The fraction of sp³-hybridized carbons (Fsp3) is 0.600. The van der Waals surface area contributed by atoms with E-state index in [1.54, 1.807) is 0 Å². The van der Waals surface area contributed by atoms with Crippen LogP contribution in [0.4, 0.5) is 5.69 Å². The third kappa shape index (κ3) is 3.47. The van der Waals surface area contributed by atoms with Crippen molar-refractivity contribution >= 4 is 5.69 Å². The molecule has 1 unspecified atom stereocenters. The van der Waals surface area contributed by atoms with Gasteiger partial charge in [-0.1, -0.05) is 26.0 Å². The van der Waals surface area contributed by atoms with Crippen LogP contribution in [0.15, 0.2) is 24.3 Å². The summed E-state index contributed by atoms with van der Waals surface area (Å²) in [6.45, 7) is 9.66. The van der Waals surface area contributed by atoms with Gasteiger partial charge in [-0.15, -0.1) is 0 Å². The molecule has 0 heterocycles. The smallest absolute Gasteiger partial charge is 0.0787 e. The number of hydrogen-bond donors (Lipinski definition) is 1. The second-order valence-corrected chi connectivity index (χ2v) is 4.56. The third-order valence-corrected chi connectivity index (χ3v) is 3.46. The molecule has 0 fully saturated rings. The Balaban J connectivity index is 2.85. The molecule has 0 radical (unpaired) electrons. The van der Waals surface area contributed by atoms with E-state index in [-0.39, 0.29) is 6.10 Å². The average Bonchev–Trinajstić information content (AvgIpc) is 2.39. The minimum atomic E-state index is -0.331. The lowest BCUT2D eigenvalue weighted by Gasteiger charge is -2.29. The van der Waals surface area contributed by atoms with Gasteiger partial charge in [-0.2, -0.15) is 0 Å². The van der Waals surface area contributed by atoms with Gasteiger partial charge in [0, 0.05) is 18.3 Å². The zero-order valence-corrected chi connectivity index (χ0v) is 11.5. The van der Waals surface area contributed by atoms with Crippen molar-refractivity contribution in [2.75, 3.05) is 11.4 Å². The van der Waals surface area contributed by atoms with Crippen LogP contribution in [0.5, 0.6) is 0 Å². The van der Waals surface area contributed by atoms with E-state index in [0.717, 1.165) is 24.9 Å².